The summed E-state index contributed by atoms with van der Waals surface area (Å²) in [6, 6.07) is 76.8. The predicted octanol–water partition coefficient (Wildman–Crippen LogP) is 18.8. The molecule has 0 N–H and O–H groups in total. The summed E-state index contributed by atoms with van der Waals surface area (Å²) in [5, 5.41) is 5.20. The van der Waals surface area contributed by atoms with E-state index in [1.165, 1.54) is 99.4 Å². The lowest BCUT2D eigenvalue weighted by Gasteiger charge is -2.24. The van der Waals surface area contributed by atoms with Crippen molar-refractivity contribution in [2.75, 3.05) is 0 Å². The Morgan fingerprint density at radius 2 is 0.700 bits per heavy atom. The van der Waals surface area contributed by atoms with Crippen molar-refractivity contribution < 1.29 is 4.42 Å². The average Bonchev–Trinajstić information content (AvgIpc) is 4.05. The standard InChI is InChI=1S/C69H52O/c1-67(2)55-35-32-42-22-16-17-27-47(42)63(55)54-40-58-53(39-59(54)67)49-33-30-45(36-56(49)68(58,3)4)65-61(43-23-12-8-13-24-43)62(44-25-14-9-15-26-44)66(70-65)46-31-34-51-57(37-46)69(5,6)60-38-52(41-20-10-7-11-21-41)48-28-18-19-29-50(48)64(51)60/h7-40H,1-6H3. The van der Waals surface area contributed by atoms with Gasteiger partial charge >= 0.3 is 0 Å². The van der Waals surface area contributed by atoms with Gasteiger partial charge in [-0.25, -0.2) is 0 Å². The fourth-order valence-corrected chi connectivity index (χ4v) is 13.1. The van der Waals surface area contributed by atoms with Gasteiger partial charge in [0.2, 0.25) is 0 Å². The Hall–Kier alpha value is -8.00. The van der Waals surface area contributed by atoms with Crippen LogP contribution in [0.2, 0.25) is 0 Å². The zero-order valence-electron chi connectivity index (χ0n) is 40.5. The lowest BCUT2D eigenvalue weighted by Crippen LogP contribution is -2.17. The molecular formula is C69H52O. The molecule has 0 saturated carbocycles. The lowest BCUT2D eigenvalue weighted by molar-refractivity contribution is 0.597. The second-order valence-electron chi connectivity index (χ2n) is 21.5. The molecule has 1 heterocycles. The molecular weight excluding hydrogens is 845 g/mol. The van der Waals surface area contributed by atoms with Crippen molar-refractivity contribution in [1.29, 1.82) is 0 Å². The Bertz CT molecular complexity index is 3990. The van der Waals surface area contributed by atoms with Gasteiger partial charge in [0.1, 0.15) is 11.5 Å². The minimum Gasteiger partial charge on any atom is -0.455 e. The van der Waals surface area contributed by atoms with E-state index >= 15 is 0 Å². The van der Waals surface area contributed by atoms with Crippen molar-refractivity contribution in [2.24, 2.45) is 0 Å². The molecule has 10 aromatic carbocycles. The molecule has 0 unspecified atom stereocenters. The van der Waals surface area contributed by atoms with Gasteiger partial charge in [-0.3, -0.25) is 0 Å². The van der Waals surface area contributed by atoms with E-state index in [0.29, 0.717) is 0 Å². The highest BCUT2D eigenvalue weighted by molar-refractivity contribution is 6.10. The molecule has 0 saturated heterocycles. The normalized spacial score (nSPS) is 15.1. The highest BCUT2D eigenvalue weighted by Gasteiger charge is 2.43. The second-order valence-corrected chi connectivity index (χ2v) is 21.5. The van der Waals surface area contributed by atoms with Crippen LogP contribution in [0.4, 0.5) is 0 Å². The van der Waals surface area contributed by atoms with Crippen molar-refractivity contribution >= 4 is 21.5 Å². The van der Waals surface area contributed by atoms with E-state index in [1.54, 1.807) is 0 Å². The fraction of sp³-hybridized carbons (Fsp3) is 0.130. The van der Waals surface area contributed by atoms with E-state index in [2.05, 4.69) is 248 Å². The number of benzene rings is 10. The zero-order valence-corrected chi connectivity index (χ0v) is 40.5. The SMILES string of the molecule is CC1(C)c2cc(-c3oc(-c4ccc5c(c4)C(C)(C)c4cc(-c6ccccc6)c6ccccc6c4-5)c(-c4ccccc4)c3-c3ccccc3)ccc2-c2cc3c(cc21)-c1c(ccc2ccccc12)C3(C)C. The van der Waals surface area contributed by atoms with Gasteiger partial charge in [-0.2, -0.15) is 0 Å². The smallest absolute Gasteiger partial charge is 0.143 e. The molecule has 14 rings (SSSR count). The van der Waals surface area contributed by atoms with Crippen molar-refractivity contribution in [3.05, 3.63) is 240 Å². The first-order valence-electron chi connectivity index (χ1n) is 24.9. The molecule has 1 heteroatoms. The summed E-state index contributed by atoms with van der Waals surface area (Å²) in [6.45, 7) is 14.4. The van der Waals surface area contributed by atoms with Gasteiger partial charge in [0, 0.05) is 38.5 Å². The topological polar surface area (TPSA) is 13.1 Å². The highest BCUT2D eigenvalue weighted by Crippen LogP contribution is 2.59. The first kappa shape index (κ1) is 41.0. The molecule has 0 radical (unpaired) electrons. The van der Waals surface area contributed by atoms with E-state index in [9.17, 15) is 0 Å². The fourth-order valence-electron chi connectivity index (χ4n) is 13.1. The number of hydrogen-bond acceptors (Lipinski definition) is 1. The number of hydrogen-bond donors (Lipinski definition) is 0. The molecule has 0 bridgehead atoms. The van der Waals surface area contributed by atoms with E-state index < -0.39 is 0 Å². The largest absolute Gasteiger partial charge is 0.455 e. The maximum Gasteiger partial charge on any atom is 0.143 e. The molecule has 11 aromatic rings. The minimum absolute atomic E-state index is 0.117. The molecule has 1 aromatic heterocycles. The summed E-state index contributed by atoms with van der Waals surface area (Å²) < 4.78 is 7.56. The summed E-state index contributed by atoms with van der Waals surface area (Å²) in [7, 11) is 0. The Morgan fingerprint density at radius 3 is 1.34 bits per heavy atom. The first-order valence-corrected chi connectivity index (χ1v) is 24.9. The molecule has 334 valence electrons. The minimum atomic E-state index is -0.260. The third kappa shape index (κ3) is 5.61. The van der Waals surface area contributed by atoms with Gasteiger partial charge in [-0.05, 0) is 141 Å². The number of fused-ring (bicyclic) bond motifs is 13. The highest BCUT2D eigenvalue weighted by atomic mass is 16.3. The van der Waals surface area contributed by atoms with E-state index in [1.807, 2.05) is 0 Å². The molecule has 70 heavy (non-hydrogen) atoms. The van der Waals surface area contributed by atoms with Crippen LogP contribution in [-0.2, 0) is 16.2 Å². The Labute approximate surface area is 410 Å². The van der Waals surface area contributed by atoms with Gasteiger partial charge in [-0.15, -0.1) is 0 Å². The monoisotopic (exact) mass is 896 g/mol. The summed E-state index contributed by atoms with van der Waals surface area (Å²) >= 11 is 0. The summed E-state index contributed by atoms with van der Waals surface area (Å²) in [6.07, 6.45) is 0. The van der Waals surface area contributed by atoms with E-state index in [0.717, 1.165) is 44.9 Å². The first-order chi connectivity index (χ1) is 34.0. The molecule has 0 amide bonds. The van der Waals surface area contributed by atoms with Gasteiger partial charge in [-0.1, -0.05) is 217 Å². The summed E-state index contributed by atoms with van der Waals surface area (Å²) in [5.41, 5.74) is 24.8. The molecule has 0 spiro atoms. The van der Waals surface area contributed by atoms with Gasteiger partial charge < -0.3 is 4.42 Å². The summed E-state index contributed by atoms with van der Waals surface area (Å²) in [5.74, 6) is 1.78. The van der Waals surface area contributed by atoms with Gasteiger partial charge in [0.25, 0.3) is 0 Å². The quantitative estimate of drug-likeness (QED) is 0.168. The van der Waals surface area contributed by atoms with Crippen LogP contribution in [0, 0.1) is 0 Å². The third-order valence-corrected chi connectivity index (χ3v) is 16.7. The predicted molar refractivity (Wildman–Crippen MR) is 294 cm³/mol. The number of furan rings is 1. The molecule has 0 fully saturated rings. The lowest BCUT2D eigenvalue weighted by atomic mass is 9.79. The van der Waals surface area contributed by atoms with Crippen LogP contribution >= 0.6 is 0 Å². The zero-order chi connectivity index (χ0) is 47.3. The Kier molecular flexibility index (Phi) is 8.50. The van der Waals surface area contributed by atoms with Crippen molar-refractivity contribution in [3.63, 3.8) is 0 Å². The molecule has 1 nitrogen and oxygen atoms in total. The van der Waals surface area contributed by atoms with Crippen LogP contribution in [0.15, 0.2) is 211 Å². The third-order valence-electron chi connectivity index (χ3n) is 16.7. The maximum absolute atomic E-state index is 7.56. The average molecular weight is 897 g/mol. The second kappa shape index (κ2) is 14.5. The van der Waals surface area contributed by atoms with E-state index in [-0.39, 0.29) is 16.2 Å². The van der Waals surface area contributed by atoms with Gasteiger partial charge in [0.15, 0.2) is 0 Å². The molecule has 0 atom stereocenters. The Balaban J connectivity index is 0.957. The van der Waals surface area contributed by atoms with Gasteiger partial charge in [0.05, 0.1) is 0 Å². The molecule has 0 aliphatic heterocycles. The van der Waals surface area contributed by atoms with Crippen LogP contribution in [0.3, 0.4) is 0 Å². The van der Waals surface area contributed by atoms with Crippen LogP contribution in [0.1, 0.15) is 74.9 Å². The number of rotatable bonds is 5. The molecule has 3 aliphatic carbocycles. The van der Waals surface area contributed by atoms with Crippen molar-refractivity contribution in [1.82, 2.24) is 0 Å². The Morgan fingerprint density at radius 1 is 0.257 bits per heavy atom. The summed E-state index contributed by atoms with van der Waals surface area (Å²) in [4.78, 5) is 0. The maximum atomic E-state index is 7.56. The molecule has 3 aliphatic rings. The van der Waals surface area contributed by atoms with Crippen molar-refractivity contribution in [3.8, 4) is 89.4 Å². The van der Waals surface area contributed by atoms with Crippen LogP contribution < -0.4 is 0 Å². The van der Waals surface area contributed by atoms with Crippen molar-refractivity contribution in [2.45, 2.75) is 57.8 Å². The van der Waals surface area contributed by atoms with Crippen LogP contribution in [-0.4, -0.2) is 0 Å². The van der Waals surface area contributed by atoms with Crippen LogP contribution in [0.25, 0.3) is 111 Å². The van der Waals surface area contributed by atoms with Crippen LogP contribution in [0.5, 0.6) is 0 Å². The van der Waals surface area contributed by atoms with E-state index in [4.69, 9.17) is 4.42 Å².